The number of methoxy groups -OCH3 is 1. The van der Waals surface area contributed by atoms with E-state index in [-0.39, 0.29) is 11.4 Å². The summed E-state index contributed by atoms with van der Waals surface area (Å²) in [4.78, 5) is 12.1. The van der Waals surface area contributed by atoms with Crippen molar-refractivity contribution in [2.75, 3.05) is 39.0 Å². The Morgan fingerprint density at radius 2 is 1.62 bits per heavy atom. The molecule has 6 rings (SSSR count). The van der Waals surface area contributed by atoms with Gasteiger partial charge in [-0.2, -0.15) is 12.6 Å². The molecule has 1 aromatic rings. The number of fused-ring (bicyclic) bond motifs is 7. The summed E-state index contributed by atoms with van der Waals surface area (Å²) in [7, 11) is 1.45. The summed E-state index contributed by atoms with van der Waals surface area (Å²) < 4.78 is 4.95. The van der Waals surface area contributed by atoms with Crippen molar-refractivity contribution in [3.8, 4) is 0 Å². The third-order valence-corrected chi connectivity index (χ3v) is 15.0. The fourth-order valence-corrected chi connectivity index (χ4v) is 12.7. The Morgan fingerprint density at radius 1 is 0.942 bits per heavy atom. The van der Waals surface area contributed by atoms with Gasteiger partial charge in [0.2, 0.25) is 0 Å². The number of hydrogen-bond donors (Lipinski definition) is 4. The molecule has 4 N–H and O–H groups in total. The molecule has 5 aliphatic carbocycles. The predicted octanol–water partition coefficient (Wildman–Crippen LogP) is 10.6. The molecule has 0 bridgehead atoms. The van der Waals surface area contributed by atoms with Gasteiger partial charge >= 0.3 is 5.97 Å². The number of allylic oxidation sites excluding steroid dienone is 3. The lowest BCUT2D eigenvalue weighted by atomic mass is 9.37. The van der Waals surface area contributed by atoms with Crippen LogP contribution in [0.3, 0.4) is 0 Å². The topological polar surface area (TPSA) is 76.4 Å². The van der Waals surface area contributed by atoms with Crippen LogP contribution in [-0.2, 0) is 4.74 Å². The van der Waals surface area contributed by atoms with Gasteiger partial charge in [0.15, 0.2) is 0 Å². The third kappa shape index (κ3) is 8.76. The highest BCUT2D eigenvalue weighted by Crippen LogP contribution is 2.72. The molecule has 296 valence electrons. The van der Waals surface area contributed by atoms with E-state index in [0.717, 1.165) is 49.1 Å². The van der Waals surface area contributed by atoms with Crippen LogP contribution in [0.5, 0.6) is 0 Å². The summed E-state index contributed by atoms with van der Waals surface area (Å²) >= 11 is 4.45. The van der Waals surface area contributed by atoms with Gasteiger partial charge in [-0.05, 0) is 159 Å². The van der Waals surface area contributed by atoms with Gasteiger partial charge in [-0.25, -0.2) is 4.79 Å². The van der Waals surface area contributed by atoms with Crippen molar-refractivity contribution in [2.24, 2.45) is 57.5 Å². The average molecular weight is 738 g/mol. The quantitative estimate of drug-likeness (QED) is 0.0833. The van der Waals surface area contributed by atoms with Crippen molar-refractivity contribution in [3.05, 3.63) is 54.1 Å². The number of carbonyl (C=O) groups is 1. The molecule has 4 saturated carbocycles. The zero-order chi connectivity index (χ0) is 38.7. The maximum atomic E-state index is 12.1. The van der Waals surface area contributed by atoms with Crippen LogP contribution in [-0.4, -0.2) is 50.5 Å². The summed E-state index contributed by atoms with van der Waals surface area (Å²) in [5.74, 6) is 5.10. The lowest BCUT2D eigenvalue weighted by molar-refractivity contribution is -0.172. The molecular weight excluding hydrogens is 659 g/mol. The van der Waals surface area contributed by atoms with E-state index in [0.29, 0.717) is 40.3 Å². The van der Waals surface area contributed by atoms with Gasteiger partial charge in [0, 0.05) is 18.6 Å². The van der Waals surface area contributed by atoms with E-state index in [2.05, 4.69) is 75.7 Å². The summed E-state index contributed by atoms with van der Waals surface area (Å²) in [6, 6.07) is 8.14. The summed E-state index contributed by atoms with van der Waals surface area (Å²) in [5.41, 5.74) is 10.5. The van der Waals surface area contributed by atoms with E-state index in [4.69, 9.17) is 10.5 Å². The number of ether oxygens (including phenoxy) is 1. The Morgan fingerprint density at radius 3 is 2.23 bits per heavy atom. The van der Waals surface area contributed by atoms with E-state index in [1.807, 2.05) is 46.8 Å². The number of benzene rings is 1. The highest BCUT2D eigenvalue weighted by molar-refractivity contribution is 7.80. The van der Waals surface area contributed by atoms with Crippen LogP contribution < -0.4 is 16.4 Å². The molecule has 0 aromatic heterocycles. The number of rotatable bonds is 10. The predicted molar refractivity (Wildman–Crippen MR) is 228 cm³/mol. The molecule has 5 aliphatic rings. The van der Waals surface area contributed by atoms with Crippen LogP contribution in [0.15, 0.2) is 43.0 Å². The zero-order valence-electron chi connectivity index (χ0n) is 35.1. The minimum Gasteiger partial charge on any atom is -0.465 e. The monoisotopic (exact) mass is 738 g/mol. The number of hydrogen-bond acceptors (Lipinski definition) is 6. The van der Waals surface area contributed by atoms with Crippen molar-refractivity contribution in [2.45, 2.75) is 132 Å². The van der Waals surface area contributed by atoms with Crippen molar-refractivity contribution < 1.29 is 9.53 Å². The molecule has 0 radical (unpaired) electrons. The fraction of sp³-hybridized carbons (Fsp3) is 0.761. The number of thiol groups is 1. The lowest BCUT2D eigenvalue weighted by Crippen LogP contribution is -2.63. The van der Waals surface area contributed by atoms with E-state index in [1.165, 1.54) is 82.5 Å². The smallest absolute Gasteiger partial charge is 0.337 e. The first-order valence-corrected chi connectivity index (χ1v) is 21.8. The average Bonchev–Trinajstić information content (AvgIpc) is 3.59. The molecular formula is C46H79N3O2S. The Bertz CT molecular complexity index is 1290. The normalized spacial score (nSPS) is 34.3. The van der Waals surface area contributed by atoms with Crippen LogP contribution in [0.2, 0.25) is 0 Å². The van der Waals surface area contributed by atoms with Crippen LogP contribution in [0.1, 0.15) is 142 Å². The van der Waals surface area contributed by atoms with Gasteiger partial charge in [0.05, 0.1) is 12.7 Å². The van der Waals surface area contributed by atoms with Gasteiger partial charge in [0.25, 0.3) is 0 Å². The first kappa shape index (κ1) is 44.8. The molecule has 52 heavy (non-hydrogen) atoms. The molecule has 4 fully saturated rings. The Labute approximate surface area is 326 Å². The Kier molecular flexibility index (Phi) is 17.1. The summed E-state index contributed by atoms with van der Waals surface area (Å²) in [6.07, 6.45) is 18.0. The molecule has 0 aliphatic heterocycles. The molecule has 0 amide bonds. The minimum absolute atomic E-state index is 0.0973. The maximum absolute atomic E-state index is 12.1. The second-order valence-electron chi connectivity index (χ2n) is 17.1. The molecule has 5 nitrogen and oxygen atoms in total. The standard InChI is InChI=1S/C39H61N3O2S.C3H6.2C2H6/c1-36(2)30(27-8-10-28(11-9-27)35(43)44-5)14-18-38(4)33(36)16-19-37(3)31-15-20-39(42-22-21-41-24-26(23-40)25-45)17-6-7-32(39)29(31)12-13-34(37)38;1-3-2;2*1-2/h8-11,14,26,29,31-34,41-42,45H,6-7,12-13,15-25,40H2,1-5H3;3H,1H2,2H3;2*1-2H3/t26?,29-,31?,32+,33?,34?,37-,38-,39-;;;/m0.../s1. The highest BCUT2D eigenvalue weighted by atomic mass is 32.1. The van der Waals surface area contributed by atoms with Crippen molar-refractivity contribution >= 4 is 24.2 Å². The number of carbonyl (C=O) groups excluding carboxylic acids is 1. The maximum Gasteiger partial charge on any atom is 0.337 e. The molecule has 0 heterocycles. The van der Waals surface area contributed by atoms with E-state index >= 15 is 0 Å². The molecule has 9 atom stereocenters. The van der Waals surface area contributed by atoms with E-state index < -0.39 is 0 Å². The van der Waals surface area contributed by atoms with Gasteiger partial charge in [-0.3, -0.25) is 0 Å². The van der Waals surface area contributed by atoms with Crippen LogP contribution in [0.25, 0.3) is 5.57 Å². The van der Waals surface area contributed by atoms with Crippen molar-refractivity contribution in [1.29, 1.82) is 0 Å². The largest absolute Gasteiger partial charge is 0.465 e. The Hall–Kier alpha value is -1.60. The van der Waals surface area contributed by atoms with Crippen molar-refractivity contribution in [3.63, 3.8) is 0 Å². The van der Waals surface area contributed by atoms with Gasteiger partial charge in [-0.15, -0.1) is 6.58 Å². The lowest BCUT2D eigenvalue weighted by Gasteiger charge is -2.68. The fourth-order valence-electron chi connectivity index (χ4n) is 12.5. The summed E-state index contributed by atoms with van der Waals surface area (Å²) in [5, 5.41) is 7.82. The van der Waals surface area contributed by atoms with Crippen LogP contribution >= 0.6 is 12.6 Å². The second kappa shape index (κ2) is 19.8. The Balaban J connectivity index is 0.000000975. The van der Waals surface area contributed by atoms with E-state index in [1.54, 1.807) is 6.08 Å². The van der Waals surface area contributed by atoms with Crippen LogP contribution in [0, 0.1) is 51.8 Å². The molecule has 1 aromatic carbocycles. The molecule has 0 saturated heterocycles. The first-order chi connectivity index (χ1) is 25.0. The number of nitrogens with two attached hydrogens (primary N) is 1. The molecule has 4 unspecified atom stereocenters. The molecule has 6 heteroatoms. The number of nitrogens with one attached hydrogen (secondary N) is 2. The van der Waals surface area contributed by atoms with Gasteiger partial charge in [0.1, 0.15) is 0 Å². The van der Waals surface area contributed by atoms with Crippen LogP contribution in [0.4, 0.5) is 0 Å². The van der Waals surface area contributed by atoms with Crippen molar-refractivity contribution in [1.82, 2.24) is 10.6 Å². The SMILES string of the molecule is C=CC.CC.CC.COC(=O)c1ccc(C2=CC[C@@]3(C)C(CC[C@@]4(C)C5CC[C@@]6(NCCNCC(CN)CS)CCC[C@@H]6[C@H]5CCC43)C2(C)C)cc1. The highest BCUT2D eigenvalue weighted by Gasteiger charge is 2.65. The number of esters is 1. The minimum atomic E-state index is -0.264. The third-order valence-electron chi connectivity index (χ3n) is 14.5. The molecule has 0 spiro atoms. The second-order valence-corrected chi connectivity index (χ2v) is 17.5. The first-order valence-electron chi connectivity index (χ1n) is 21.2. The van der Waals surface area contributed by atoms with Gasteiger partial charge in [-0.1, -0.05) is 86.1 Å². The van der Waals surface area contributed by atoms with Gasteiger partial charge < -0.3 is 21.1 Å². The summed E-state index contributed by atoms with van der Waals surface area (Å²) in [6.45, 7) is 27.4. The van der Waals surface area contributed by atoms with E-state index in [9.17, 15) is 4.79 Å². The zero-order valence-corrected chi connectivity index (χ0v) is 36.0.